The summed E-state index contributed by atoms with van der Waals surface area (Å²) < 4.78 is 88.2. The van der Waals surface area contributed by atoms with E-state index >= 15 is 0 Å². The SMILES string of the molecule is O=c1cc(-c2ccc(O)c(O)c2)oc2cc(OC3OC(CO)C(OS(=O)(=O)O)C(O)C3OS(=O)(=O)O)cc(O)c12. The maximum atomic E-state index is 12.7. The van der Waals surface area contributed by atoms with Crippen molar-refractivity contribution < 1.29 is 73.7 Å². The van der Waals surface area contributed by atoms with Crippen LogP contribution < -0.4 is 10.2 Å². The van der Waals surface area contributed by atoms with Crippen molar-refractivity contribution in [3.8, 4) is 34.3 Å². The number of benzene rings is 2. The second-order valence-electron chi connectivity index (χ2n) is 8.31. The number of phenolic OH excluding ortho intramolecular Hbond substituents is 3. The molecule has 0 bridgehead atoms. The smallest absolute Gasteiger partial charge is 0.397 e. The Morgan fingerprint density at radius 3 is 2.10 bits per heavy atom. The summed E-state index contributed by atoms with van der Waals surface area (Å²) in [7, 11) is -10.6. The van der Waals surface area contributed by atoms with Gasteiger partial charge in [-0.05, 0) is 18.2 Å². The van der Waals surface area contributed by atoms with Crippen molar-refractivity contribution in [2.45, 2.75) is 30.7 Å². The van der Waals surface area contributed by atoms with E-state index in [4.69, 9.17) is 23.0 Å². The fraction of sp³-hybridized carbons (Fsp3) is 0.286. The number of ether oxygens (including phenoxy) is 2. The van der Waals surface area contributed by atoms with Crippen LogP contribution in [-0.4, -0.2) is 88.8 Å². The van der Waals surface area contributed by atoms with Crippen LogP contribution in [-0.2, 0) is 33.9 Å². The lowest BCUT2D eigenvalue weighted by Crippen LogP contribution is -2.62. The Bertz CT molecular complexity index is 1700. The van der Waals surface area contributed by atoms with Crippen molar-refractivity contribution in [3.63, 3.8) is 0 Å². The number of hydrogen-bond donors (Lipinski definition) is 7. The molecule has 0 spiro atoms. The lowest BCUT2D eigenvalue weighted by atomic mass is 9.99. The van der Waals surface area contributed by atoms with E-state index in [1.165, 1.54) is 6.07 Å². The highest BCUT2D eigenvalue weighted by Gasteiger charge is 2.51. The van der Waals surface area contributed by atoms with Crippen LogP contribution in [0.1, 0.15) is 0 Å². The molecule has 5 unspecified atom stereocenters. The summed E-state index contributed by atoms with van der Waals surface area (Å²) in [5, 5.41) is 49.5. The number of fused-ring (bicyclic) bond motifs is 1. The predicted molar refractivity (Wildman–Crippen MR) is 128 cm³/mol. The van der Waals surface area contributed by atoms with Gasteiger partial charge in [-0.1, -0.05) is 0 Å². The Balaban J connectivity index is 1.75. The molecule has 40 heavy (non-hydrogen) atoms. The van der Waals surface area contributed by atoms with Gasteiger partial charge >= 0.3 is 20.8 Å². The van der Waals surface area contributed by atoms with Crippen molar-refractivity contribution in [2.75, 3.05) is 6.61 Å². The van der Waals surface area contributed by atoms with Crippen LogP contribution in [0.4, 0.5) is 0 Å². The third kappa shape index (κ3) is 6.43. The molecule has 5 atom stereocenters. The van der Waals surface area contributed by atoms with Gasteiger partial charge in [0.25, 0.3) is 0 Å². The maximum absolute atomic E-state index is 12.7. The molecular formula is C21H20O17S2. The van der Waals surface area contributed by atoms with Crippen molar-refractivity contribution in [1.82, 2.24) is 0 Å². The molecule has 3 aromatic rings. The first-order valence-electron chi connectivity index (χ1n) is 10.8. The normalized spacial score (nSPS) is 23.8. The molecule has 19 heteroatoms. The molecule has 4 rings (SSSR count). The first-order chi connectivity index (χ1) is 18.6. The van der Waals surface area contributed by atoms with E-state index < -0.39 is 86.5 Å². The van der Waals surface area contributed by atoms with Gasteiger partial charge < -0.3 is 39.4 Å². The fourth-order valence-corrected chi connectivity index (χ4v) is 4.91. The van der Waals surface area contributed by atoms with Crippen LogP contribution in [0.25, 0.3) is 22.3 Å². The van der Waals surface area contributed by atoms with Gasteiger partial charge in [0.1, 0.15) is 46.5 Å². The van der Waals surface area contributed by atoms with Crippen LogP contribution in [0.2, 0.25) is 0 Å². The third-order valence-corrected chi connectivity index (χ3v) is 6.49. The van der Waals surface area contributed by atoms with Gasteiger partial charge in [-0.25, -0.2) is 8.37 Å². The molecule has 2 heterocycles. The number of hydrogen-bond acceptors (Lipinski definition) is 15. The molecule has 0 saturated carbocycles. The predicted octanol–water partition coefficient (Wildman–Crippen LogP) is -0.590. The highest BCUT2D eigenvalue weighted by molar-refractivity contribution is 7.81. The van der Waals surface area contributed by atoms with E-state index in [-0.39, 0.29) is 22.3 Å². The van der Waals surface area contributed by atoms with Gasteiger partial charge in [-0.3, -0.25) is 13.9 Å². The molecule has 0 amide bonds. The minimum atomic E-state index is -5.36. The minimum absolute atomic E-state index is 0.119. The van der Waals surface area contributed by atoms with Crippen molar-refractivity contribution in [3.05, 3.63) is 46.6 Å². The molecule has 2 aromatic carbocycles. The number of rotatable bonds is 8. The van der Waals surface area contributed by atoms with E-state index in [2.05, 4.69) is 8.37 Å². The molecule has 1 fully saturated rings. The maximum Gasteiger partial charge on any atom is 0.397 e. The highest BCUT2D eigenvalue weighted by Crippen LogP contribution is 2.36. The van der Waals surface area contributed by atoms with E-state index in [1.54, 1.807) is 0 Å². The summed E-state index contributed by atoms with van der Waals surface area (Å²) >= 11 is 0. The van der Waals surface area contributed by atoms with E-state index in [9.17, 15) is 47.2 Å². The summed E-state index contributed by atoms with van der Waals surface area (Å²) in [6.45, 7) is -1.06. The van der Waals surface area contributed by atoms with Gasteiger partial charge in [-0.2, -0.15) is 16.8 Å². The molecular weight excluding hydrogens is 588 g/mol. The Morgan fingerprint density at radius 1 is 0.850 bits per heavy atom. The lowest BCUT2D eigenvalue weighted by Gasteiger charge is -2.41. The van der Waals surface area contributed by atoms with Gasteiger partial charge in [0.05, 0.1) is 6.61 Å². The van der Waals surface area contributed by atoms with Gasteiger partial charge in [0.2, 0.25) is 6.29 Å². The lowest BCUT2D eigenvalue weighted by molar-refractivity contribution is -0.266. The summed E-state index contributed by atoms with van der Waals surface area (Å²) in [6, 6.07) is 6.41. The van der Waals surface area contributed by atoms with Gasteiger partial charge in [-0.15, -0.1) is 0 Å². The average molecular weight is 609 g/mol. The topological polar surface area (TPSA) is 277 Å². The standard InChI is InChI=1S/C21H20O17S2/c22-7-16-19(37-39(28,29)30)18(27)20(38-40(31,32)33)21(36-16)34-9-4-12(25)17-13(26)6-14(35-15(17)5-9)8-1-2-10(23)11(24)3-8/h1-6,16,18-25,27H,7H2,(H,28,29,30)(H,31,32,33). The van der Waals surface area contributed by atoms with Crippen LogP contribution >= 0.6 is 0 Å². The average Bonchev–Trinajstić information content (AvgIpc) is 2.82. The molecule has 7 N–H and O–H groups in total. The molecule has 0 aliphatic carbocycles. The molecule has 1 saturated heterocycles. The number of aromatic hydroxyl groups is 3. The molecule has 0 radical (unpaired) electrons. The Labute approximate surface area is 223 Å². The quantitative estimate of drug-likeness (QED) is 0.124. The van der Waals surface area contributed by atoms with Crippen LogP contribution in [0, 0.1) is 0 Å². The molecule has 1 aliphatic rings. The van der Waals surface area contributed by atoms with Gasteiger partial charge in [0, 0.05) is 23.8 Å². The summed E-state index contributed by atoms with van der Waals surface area (Å²) in [6.07, 6.45) is -10.6. The van der Waals surface area contributed by atoms with Crippen molar-refractivity contribution in [1.29, 1.82) is 0 Å². The first-order valence-corrected chi connectivity index (χ1v) is 13.5. The van der Waals surface area contributed by atoms with Crippen LogP contribution in [0.3, 0.4) is 0 Å². The first kappa shape index (κ1) is 29.5. The Morgan fingerprint density at radius 2 is 1.50 bits per heavy atom. The van der Waals surface area contributed by atoms with Crippen LogP contribution in [0.15, 0.2) is 45.6 Å². The van der Waals surface area contributed by atoms with Gasteiger partial charge in [0.15, 0.2) is 23.0 Å². The summed E-state index contributed by atoms with van der Waals surface area (Å²) in [5.74, 6) is -2.19. The highest BCUT2D eigenvalue weighted by atomic mass is 32.3. The largest absolute Gasteiger partial charge is 0.507 e. The fourth-order valence-electron chi connectivity index (χ4n) is 3.90. The number of aliphatic hydroxyl groups is 2. The molecule has 17 nitrogen and oxygen atoms in total. The zero-order valence-electron chi connectivity index (χ0n) is 19.6. The molecule has 1 aliphatic heterocycles. The van der Waals surface area contributed by atoms with Crippen LogP contribution in [0.5, 0.6) is 23.0 Å². The van der Waals surface area contributed by atoms with E-state index in [1.807, 2.05) is 0 Å². The Kier molecular flexibility index (Phi) is 7.95. The molecule has 1 aromatic heterocycles. The number of phenols is 3. The second-order valence-corrected chi connectivity index (χ2v) is 10.4. The minimum Gasteiger partial charge on any atom is -0.507 e. The number of aliphatic hydroxyl groups excluding tert-OH is 2. The summed E-state index contributed by atoms with van der Waals surface area (Å²) in [5.41, 5.74) is -0.897. The molecule has 218 valence electrons. The zero-order valence-corrected chi connectivity index (χ0v) is 21.2. The Hall–Kier alpha value is -3.53. The van der Waals surface area contributed by atoms with E-state index in [0.717, 1.165) is 30.3 Å². The second kappa shape index (κ2) is 10.8. The van der Waals surface area contributed by atoms with Crippen molar-refractivity contribution in [2.24, 2.45) is 0 Å². The zero-order chi connectivity index (χ0) is 29.6. The third-order valence-electron chi connectivity index (χ3n) is 5.56. The van der Waals surface area contributed by atoms with E-state index in [0.29, 0.717) is 0 Å². The monoisotopic (exact) mass is 608 g/mol. The summed E-state index contributed by atoms with van der Waals surface area (Å²) in [4.78, 5) is 12.7. The van der Waals surface area contributed by atoms with Crippen molar-refractivity contribution >= 4 is 31.8 Å².